The van der Waals surface area contributed by atoms with Crippen LogP contribution >= 0.6 is 0 Å². The predicted molar refractivity (Wildman–Crippen MR) is 71.0 cm³/mol. The number of nitrogens with one attached hydrogen (secondary N) is 1. The lowest BCUT2D eigenvalue weighted by molar-refractivity contribution is -0.140. The largest absolute Gasteiger partial charge is 0.496 e. The van der Waals surface area contributed by atoms with Crippen molar-refractivity contribution in [2.75, 3.05) is 13.7 Å². The van der Waals surface area contributed by atoms with Gasteiger partial charge in [-0.05, 0) is 24.0 Å². The maximum atomic E-state index is 11.0. The Bertz CT molecular complexity index is 390. The summed E-state index contributed by atoms with van der Waals surface area (Å²) in [5, 5.41) is 12.1. The zero-order valence-electron chi connectivity index (χ0n) is 11.1. The van der Waals surface area contributed by atoms with Crippen molar-refractivity contribution < 1.29 is 14.6 Å². The van der Waals surface area contributed by atoms with Gasteiger partial charge in [-0.1, -0.05) is 32.0 Å². The minimum absolute atomic E-state index is 0.0696. The Hall–Kier alpha value is -1.55. The fraction of sp³-hybridized carbons (Fsp3) is 0.500. The summed E-state index contributed by atoms with van der Waals surface area (Å²) in [6.07, 6.45) is 0.751. The molecule has 18 heavy (non-hydrogen) atoms. The van der Waals surface area contributed by atoms with Crippen molar-refractivity contribution in [1.29, 1.82) is 0 Å². The van der Waals surface area contributed by atoms with Gasteiger partial charge in [-0.3, -0.25) is 4.79 Å². The van der Waals surface area contributed by atoms with Gasteiger partial charge in [0.2, 0.25) is 0 Å². The van der Waals surface area contributed by atoms with Crippen LogP contribution in [-0.2, 0) is 11.2 Å². The zero-order valence-corrected chi connectivity index (χ0v) is 11.1. The quantitative estimate of drug-likeness (QED) is 0.777. The first-order valence-electron chi connectivity index (χ1n) is 6.14. The molecule has 1 aromatic carbocycles. The van der Waals surface area contributed by atoms with Gasteiger partial charge in [-0.2, -0.15) is 0 Å². The molecule has 0 spiro atoms. The van der Waals surface area contributed by atoms with E-state index in [1.165, 1.54) is 0 Å². The fourth-order valence-corrected chi connectivity index (χ4v) is 1.88. The van der Waals surface area contributed by atoms with Gasteiger partial charge in [0.1, 0.15) is 11.8 Å². The standard InChI is InChI=1S/C14H21NO3/c1-10(2)13(14(16)17)15-9-8-11-6-4-5-7-12(11)18-3/h4-7,10,13,15H,8-9H2,1-3H3,(H,16,17). The molecule has 0 heterocycles. The van der Waals surface area contributed by atoms with E-state index < -0.39 is 12.0 Å². The number of hydrogen-bond acceptors (Lipinski definition) is 3. The van der Waals surface area contributed by atoms with E-state index in [9.17, 15) is 4.79 Å². The van der Waals surface area contributed by atoms with Gasteiger partial charge in [0, 0.05) is 6.54 Å². The van der Waals surface area contributed by atoms with Crippen LogP contribution in [0.2, 0.25) is 0 Å². The molecule has 100 valence electrons. The van der Waals surface area contributed by atoms with Crippen LogP contribution in [0, 0.1) is 5.92 Å². The van der Waals surface area contributed by atoms with E-state index in [4.69, 9.17) is 9.84 Å². The molecule has 1 aromatic rings. The summed E-state index contributed by atoms with van der Waals surface area (Å²) in [5.74, 6) is 0.112. The maximum absolute atomic E-state index is 11.0. The van der Waals surface area contributed by atoms with Crippen molar-refractivity contribution in [3.63, 3.8) is 0 Å². The molecule has 1 unspecified atom stereocenters. The Morgan fingerprint density at radius 3 is 2.61 bits per heavy atom. The van der Waals surface area contributed by atoms with Crippen molar-refractivity contribution >= 4 is 5.97 Å². The van der Waals surface area contributed by atoms with Gasteiger partial charge in [-0.15, -0.1) is 0 Å². The van der Waals surface area contributed by atoms with Gasteiger partial charge in [-0.25, -0.2) is 0 Å². The highest BCUT2D eigenvalue weighted by atomic mass is 16.5. The molecular formula is C14H21NO3. The second kappa shape index (κ2) is 7.01. The molecule has 0 bridgehead atoms. The number of carboxylic acid groups (broad SMARTS) is 1. The topological polar surface area (TPSA) is 58.6 Å². The molecule has 0 aromatic heterocycles. The Morgan fingerprint density at radius 1 is 1.39 bits per heavy atom. The van der Waals surface area contributed by atoms with E-state index in [2.05, 4.69) is 5.32 Å². The van der Waals surface area contributed by atoms with Crippen LogP contribution in [0.25, 0.3) is 0 Å². The van der Waals surface area contributed by atoms with Crippen molar-refractivity contribution in [2.45, 2.75) is 26.3 Å². The van der Waals surface area contributed by atoms with Gasteiger partial charge < -0.3 is 15.2 Å². The molecule has 0 aliphatic carbocycles. The Labute approximate surface area is 108 Å². The minimum atomic E-state index is -0.801. The third-order valence-electron chi connectivity index (χ3n) is 2.88. The molecule has 0 radical (unpaired) electrons. The third-order valence-corrected chi connectivity index (χ3v) is 2.88. The molecule has 2 N–H and O–H groups in total. The van der Waals surface area contributed by atoms with Crippen molar-refractivity contribution in [2.24, 2.45) is 5.92 Å². The first-order valence-corrected chi connectivity index (χ1v) is 6.14. The molecule has 4 nitrogen and oxygen atoms in total. The molecule has 0 aliphatic rings. The lowest BCUT2D eigenvalue weighted by Crippen LogP contribution is -2.41. The molecule has 1 atom stereocenters. The first-order chi connectivity index (χ1) is 8.56. The van der Waals surface area contributed by atoms with Crippen LogP contribution < -0.4 is 10.1 Å². The van der Waals surface area contributed by atoms with E-state index >= 15 is 0 Å². The summed E-state index contributed by atoms with van der Waals surface area (Å²) in [4.78, 5) is 11.0. The third kappa shape index (κ3) is 4.04. The molecule has 0 saturated carbocycles. The molecule has 0 amide bonds. The lowest BCUT2D eigenvalue weighted by Gasteiger charge is -2.18. The van der Waals surface area contributed by atoms with Crippen molar-refractivity contribution in [1.82, 2.24) is 5.32 Å². The highest BCUT2D eigenvalue weighted by Gasteiger charge is 2.20. The summed E-state index contributed by atoms with van der Waals surface area (Å²) >= 11 is 0. The summed E-state index contributed by atoms with van der Waals surface area (Å²) in [7, 11) is 1.64. The van der Waals surface area contributed by atoms with E-state index in [1.54, 1.807) is 7.11 Å². The normalized spacial score (nSPS) is 12.4. The molecule has 4 heteroatoms. The molecule has 1 rings (SSSR count). The van der Waals surface area contributed by atoms with Crippen molar-refractivity contribution in [3.05, 3.63) is 29.8 Å². The van der Waals surface area contributed by atoms with E-state index in [0.29, 0.717) is 6.54 Å². The van der Waals surface area contributed by atoms with Crippen LogP contribution in [0.1, 0.15) is 19.4 Å². The van der Waals surface area contributed by atoms with E-state index in [0.717, 1.165) is 17.7 Å². The number of benzene rings is 1. The second-order valence-electron chi connectivity index (χ2n) is 4.58. The minimum Gasteiger partial charge on any atom is -0.496 e. The number of carbonyl (C=O) groups is 1. The number of para-hydroxylation sites is 1. The average molecular weight is 251 g/mol. The highest BCUT2D eigenvalue weighted by molar-refractivity contribution is 5.73. The summed E-state index contributed by atoms with van der Waals surface area (Å²) in [5.41, 5.74) is 1.08. The fourth-order valence-electron chi connectivity index (χ4n) is 1.88. The van der Waals surface area contributed by atoms with E-state index in [1.807, 2.05) is 38.1 Å². The lowest BCUT2D eigenvalue weighted by atomic mass is 10.0. The van der Waals surface area contributed by atoms with Crippen LogP contribution in [0.4, 0.5) is 0 Å². The summed E-state index contributed by atoms with van der Waals surface area (Å²) < 4.78 is 5.25. The number of aliphatic carboxylic acids is 1. The smallest absolute Gasteiger partial charge is 0.320 e. The van der Waals surface area contributed by atoms with Crippen LogP contribution in [-0.4, -0.2) is 30.8 Å². The van der Waals surface area contributed by atoms with Gasteiger partial charge >= 0.3 is 5.97 Å². The monoisotopic (exact) mass is 251 g/mol. The van der Waals surface area contributed by atoms with E-state index in [-0.39, 0.29) is 5.92 Å². The number of carboxylic acids is 1. The van der Waals surface area contributed by atoms with Crippen LogP contribution in [0.5, 0.6) is 5.75 Å². The number of hydrogen-bond donors (Lipinski definition) is 2. The van der Waals surface area contributed by atoms with Crippen LogP contribution in [0.15, 0.2) is 24.3 Å². The van der Waals surface area contributed by atoms with Crippen molar-refractivity contribution in [3.8, 4) is 5.75 Å². The number of ether oxygens (including phenoxy) is 1. The average Bonchev–Trinajstić information content (AvgIpc) is 2.34. The summed E-state index contributed by atoms with van der Waals surface area (Å²) in [6.45, 7) is 4.42. The van der Waals surface area contributed by atoms with Gasteiger partial charge in [0.15, 0.2) is 0 Å². The van der Waals surface area contributed by atoms with Gasteiger partial charge in [0.25, 0.3) is 0 Å². The Kier molecular flexibility index (Phi) is 5.65. The zero-order chi connectivity index (χ0) is 13.5. The predicted octanol–water partition coefficient (Wildman–Crippen LogP) is 1.94. The maximum Gasteiger partial charge on any atom is 0.320 e. The molecule has 0 fully saturated rings. The Balaban J connectivity index is 2.52. The van der Waals surface area contributed by atoms with Crippen LogP contribution in [0.3, 0.4) is 0 Å². The number of methoxy groups -OCH3 is 1. The summed E-state index contributed by atoms with van der Waals surface area (Å²) in [6, 6.07) is 7.27. The molecule has 0 aliphatic heterocycles. The second-order valence-corrected chi connectivity index (χ2v) is 4.58. The Morgan fingerprint density at radius 2 is 2.06 bits per heavy atom. The number of rotatable bonds is 7. The molecule has 0 saturated heterocycles. The highest BCUT2D eigenvalue weighted by Crippen LogP contribution is 2.17. The molecular weight excluding hydrogens is 230 g/mol. The first kappa shape index (κ1) is 14.5. The SMILES string of the molecule is COc1ccccc1CCNC(C(=O)O)C(C)C. The van der Waals surface area contributed by atoms with Gasteiger partial charge in [0.05, 0.1) is 7.11 Å².